The van der Waals surface area contributed by atoms with Gasteiger partial charge in [-0.25, -0.2) is 0 Å². The van der Waals surface area contributed by atoms with Gasteiger partial charge in [0.25, 0.3) is 0 Å². The van der Waals surface area contributed by atoms with Gasteiger partial charge in [-0.15, -0.1) is 10.2 Å². The number of rotatable bonds is 5. The van der Waals surface area contributed by atoms with Crippen LogP contribution in [0, 0.1) is 11.8 Å². The number of thioether (sulfide) groups is 1. The van der Waals surface area contributed by atoms with Gasteiger partial charge in [0, 0.05) is 12.5 Å². The Kier molecular flexibility index (Phi) is 5.07. The average molecular weight is 297 g/mol. The first-order chi connectivity index (χ1) is 9.54. The molecule has 1 aromatic heterocycles. The molecule has 1 aromatic rings. The van der Waals surface area contributed by atoms with Crippen molar-refractivity contribution < 1.29 is 9.90 Å². The van der Waals surface area contributed by atoms with Crippen LogP contribution in [0.3, 0.4) is 0 Å². The van der Waals surface area contributed by atoms with Crippen LogP contribution in [-0.2, 0) is 11.2 Å². The number of hydrogen-bond donors (Lipinski definition) is 1. The molecule has 1 saturated carbocycles. The molecule has 0 amide bonds. The SMILES string of the molecule is CCc1nnc(SCC(=O)O)n1C1CCCC(C)C1C. The van der Waals surface area contributed by atoms with E-state index in [0.717, 1.165) is 23.8 Å². The summed E-state index contributed by atoms with van der Waals surface area (Å²) < 4.78 is 2.20. The van der Waals surface area contributed by atoms with Crippen LogP contribution in [0.25, 0.3) is 0 Å². The number of aryl methyl sites for hydroxylation is 1. The minimum absolute atomic E-state index is 0.0402. The molecule has 2 rings (SSSR count). The number of carbonyl (C=O) groups is 1. The van der Waals surface area contributed by atoms with Crippen molar-refractivity contribution in [3.05, 3.63) is 5.82 Å². The molecule has 0 aromatic carbocycles. The van der Waals surface area contributed by atoms with Gasteiger partial charge >= 0.3 is 5.97 Å². The first kappa shape index (κ1) is 15.4. The van der Waals surface area contributed by atoms with E-state index in [-0.39, 0.29) is 5.75 Å². The molecule has 20 heavy (non-hydrogen) atoms. The predicted molar refractivity (Wildman–Crippen MR) is 79.0 cm³/mol. The van der Waals surface area contributed by atoms with Crippen molar-refractivity contribution in [2.45, 2.75) is 57.7 Å². The lowest BCUT2D eigenvalue weighted by atomic mass is 9.78. The Bertz CT molecular complexity index is 475. The van der Waals surface area contributed by atoms with Crippen molar-refractivity contribution in [3.63, 3.8) is 0 Å². The van der Waals surface area contributed by atoms with Crippen LogP contribution in [0.4, 0.5) is 0 Å². The molecular weight excluding hydrogens is 274 g/mol. The van der Waals surface area contributed by atoms with Gasteiger partial charge in [-0.3, -0.25) is 4.79 Å². The van der Waals surface area contributed by atoms with E-state index in [1.165, 1.54) is 24.6 Å². The molecule has 1 heterocycles. The molecule has 0 spiro atoms. The molecule has 5 nitrogen and oxygen atoms in total. The minimum Gasteiger partial charge on any atom is -0.481 e. The van der Waals surface area contributed by atoms with Crippen molar-refractivity contribution in [1.29, 1.82) is 0 Å². The summed E-state index contributed by atoms with van der Waals surface area (Å²) in [5, 5.41) is 18.1. The van der Waals surface area contributed by atoms with Crippen molar-refractivity contribution >= 4 is 17.7 Å². The summed E-state index contributed by atoms with van der Waals surface area (Å²) >= 11 is 1.28. The highest BCUT2D eigenvalue weighted by Crippen LogP contribution is 2.40. The molecule has 1 aliphatic rings. The Balaban J connectivity index is 2.27. The maximum absolute atomic E-state index is 10.8. The van der Waals surface area contributed by atoms with E-state index in [1.807, 2.05) is 0 Å². The molecule has 3 atom stereocenters. The minimum atomic E-state index is -0.812. The topological polar surface area (TPSA) is 68.0 Å². The van der Waals surface area contributed by atoms with E-state index in [4.69, 9.17) is 5.11 Å². The van der Waals surface area contributed by atoms with E-state index >= 15 is 0 Å². The van der Waals surface area contributed by atoms with Gasteiger partial charge in [0.2, 0.25) is 0 Å². The second kappa shape index (κ2) is 6.61. The molecule has 1 fully saturated rings. The second-order valence-corrected chi connectivity index (χ2v) is 6.58. The van der Waals surface area contributed by atoms with Crippen LogP contribution in [0.1, 0.15) is 51.9 Å². The Morgan fingerprint density at radius 3 is 2.80 bits per heavy atom. The molecule has 0 saturated heterocycles. The van der Waals surface area contributed by atoms with Crippen LogP contribution in [-0.4, -0.2) is 31.6 Å². The molecule has 0 aliphatic heterocycles. The van der Waals surface area contributed by atoms with Crippen LogP contribution in [0.5, 0.6) is 0 Å². The molecular formula is C14H23N3O2S. The Morgan fingerprint density at radius 1 is 1.40 bits per heavy atom. The lowest BCUT2D eigenvalue weighted by molar-refractivity contribution is -0.133. The normalized spacial score (nSPS) is 26.6. The van der Waals surface area contributed by atoms with Crippen molar-refractivity contribution in [2.75, 3.05) is 5.75 Å². The van der Waals surface area contributed by atoms with E-state index in [2.05, 4.69) is 35.5 Å². The van der Waals surface area contributed by atoms with Gasteiger partial charge in [0.05, 0.1) is 5.75 Å². The van der Waals surface area contributed by atoms with Gasteiger partial charge in [0.15, 0.2) is 5.16 Å². The number of nitrogens with zero attached hydrogens (tertiary/aromatic N) is 3. The zero-order valence-corrected chi connectivity index (χ0v) is 13.2. The quantitative estimate of drug-likeness (QED) is 0.846. The van der Waals surface area contributed by atoms with Crippen molar-refractivity contribution in [3.8, 4) is 0 Å². The van der Waals surface area contributed by atoms with Gasteiger partial charge in [-0.05, 0) is 18.3 Å². The highest BCUT2D eigenvalue weighted by molar-refractivity contribution is 7.99. The Hall–Kier alpha value is -1.04. The molecule has 1 aliphatic carbocycles. The zero-order chi connectivity index (χ0) is 14.7. The van der Waals surface area contributed by atoms with Gasteiger partial charge < -0.3 is 9.67 Å². The third-order valence-corrected chi connectivity index (χ3v) is 5.30. The lowest BCUT2D eigenvalue weighted by Crippen LogP contribution is -2.28. The summed E-state index contributed by atoms with van der Waals surface area (Å²) in [5.41, 5.74) is 0. The first-order valence-electron chi connectivity index (χ1n) is 7.33. The fourth-order valence-corrected chi connectivity index (χ4v) is 3.76. The predicted octanol–water partition coefficient (Wildman–Crippen LogP) is 3.01. The maximum atomic E-state index is 10.8. The van der Waals surface area contributed by atoms with Crippen LogP contribution >= 0.6 is 11.8 Å². The van der Waals surface area contributed by atoms with Gasteiger partial charge in [-0.1, -0.05) is 45.4 Å². The van der Waals surface area contributed by atoms with E-state index in [0.29, 0.717) is 17.9 Å². The maximum Gasteiger partial charge on any atom is 0.313 e. The van der Waals surface area contributed by atoms with Crippen LogP contribution in [0.2, 0.25) is 0 Å². The second-order valence-electron chi connectivity index (χ2n) is 5.64. The monoisotopic (exact) mass is 297 g/mol. The van der Waals surface area contributed by atoms with Gasteiger partial charge in [0.1, 0.15) is 5.82 Å². The number of aliphatic carboxylic acids is 1. The molecule has 1 N–H and O–H groups in total. The number of carboxylic acid groups (broad SMARTS) is 1. The highest BCUT2D eigenvalue weighted by atomic mass is 32.2. The lowest BCUT2D eigenvalue weighted by Gasteiger charge is -2.36. The zero-order valence-electron chi connectivity index (χ0n) is 12.4. The van der Waals surface area contributed by atoms with E-state index in [9.17, 15) is 4.79 Å². The smallest absolute Gasteiger partial charge is 0.313 e. The molecule has 3 unspecified atom stereocenters. The molecule has 112 valence electrons. The third-order valence-electron chi connectivity index (χ3n) is 4.37. The summed E-state index contributed by atoms with van der Waals surface area (Å²) in [7, 11) is 0. The summed E-state index contributed by atoms with van der Waals surface area (Å²) in [6, 6.07) is 0.403. The number of aromatic nitrogens is 3. The van der Waals surface area contributed by atoms with Crippen LogP contribution in [0.15, 0.2) is 5.16 Å². The summed E-state index contributed by atoms with van der Waals surface area (Å²) in [6.07, 6.45) is 4.47. The number of carboxylic acids is 1. The first-order valence-corrected chi connectivity index (χ1v) is 8.31. The molecule has 0 bridgehead atoms. The molecule has 6 heteroatoms. The summed E-state index contributed by atoms with van der Waals surface area (Å²) in [6.45, 7) is 6.67. The summed E-state index contributed by atoms with van der Waals surface area (Å²) in [4.78, 5) is 10.8. The summed E-state index contributed by atoms with van der Waals surface area (Å²) in [5.74, 6) is 1.47. The standard InChI is InChI=1S/C14H23N3O2S/c1-4-12-15-16-14(20-8-13(18)19)17(12)11-7-5-6-9(2)10(11)3/h9-11H,4-8H2,1-3H3,(H,18,19). The average Bonchev–Trinajstić information content (AvgIpc) is 2.82. The largest absolute Gasteiger partial charge is 0.481 e. The van der Waals surface area contributed by atoms with E-state index < -0.39 is 5.97 Å². The van der Waals surface area contributed by atoms with Gasteiger partial charge in [-0.2, -0.15) is 0 Å². The van der Waals surface area contributed by atoms with E-state index in [1.54, 1.807) is 0 Å². The molecule has 0 radical (unpaired) electrons. The Morgan fingerprint density at radius 2 is 2.15 bits per heavy atom. The number of hydrogen-bond acceptors (Lipinski definition) is 4. The van der Waals surface area contributed by atoms with Crippen LogP contribution < -0.4 is 0 Å². The van der Waals surface area contributed by atoms with Crippen molar-refractivity contribution in [2.24, 2.45) is 11.8 Å². The van der Waals surface area contributed by atoms with Crippen molar-refractivity contribution in [1.82, 2.24) is 14.8 Å². The fourth-order valence-electron chi connectivity index (χ4n) is 3.02. The highest BCUT2D eigenvalue weighted by Gasteiger charge is 2.31. The fraction of sp³-hybridized carbons (Fsp3) is 0.786. The third kappa shape index (κ3) is 3.16. The Labute approximate surface area is 124 Å².